The van der Waals surface area contributed by atoms with Crippen molar-refractivity contribution in [2.45, 2.75) is 39.9 Å². The van der Waals surface area contributed by atoms with E-state index >= 15 is 0 Å². The molecule has 1 saturated carbocycles. The zero-order valence-electron chi connectivity index (χ0n) is 8.13. The number of hydrogen-bond acceptors (Lipinski definition) is 2. The molecule has 0 aromatic heterocycles. The SMILES string of the molecule is CC1(C)C2CCC1(C)C(O)OC2. The van der Waals surface area contributed by atoms with Gasteiger partial charge in [-0.15, -0.1) is 0 Å². The molecule has 2 aliphatic rings. The van der Waals surface area contributed by atoms with Crippen molar-refractivity contribution in [3.63, 3.8) is 0 Å². The average Bonchev–Trinajstić information content (AvgIpc) is 2.17. The van der Waals surface area contributed by atoms with Gasteiger partial charge < -0.3 is 9.84 Å². The number of fused-ring (bicyclic) bond motifs is 2. The summed E-state index contributed by atoms with van der Waals surface area (Å²) >= 11 is 0. The summed E-state index contributed by atoms with van der Waals surface area (Å²) < 4.78 is 5.36. The van der Waals surface area contributed by atoms with Crippen LogP contribution in [0.25, 0.3) is 0 Å². The Labute approximate surface area is 73.9 Å². The van der Waals surface area contributed by atoms with Gasteiger partial charge in [0, 0.05) is 5.41 Å². The Hall–Kier alpha value is -0.0800. The molecule has 3 atom stereocenters. The zero-order chi connectivity index (χ0) is 8.98. The minimum absolute atomic E-state index is 0.0179. The van der Waals surface area contributed by atoms with Gasteiger partial charge in [-0.2, -0.15) is 0 Å². The Balaban J connectivity index is 2.37. The van der Waals surface area contributed by atoms with Gasteiger partial charge in [0.2, 0.25) is 0 Å². The summed E-state index contributed by atoms with van der Waals surface area (Å²) in [5, 5.41) is 9.77. The highest BCUT2D eigenvalue weighted by molar-refractivity contribution is 5.04. The Bertz CT molecular complexity index is 198. The third-order valence-electron chi connectivity index (χ3n) is 4.51. The molecular weight excluding hydrogens is 152 g/mol. The zero-order valence-corrected chi connectivity index (χ0v) is 8.13. The molecule has 0 spiro atoms. The van der Waals surface area contributed by atoms with E-state index in [-0.39, 0.29) is 10.8 Å². The molecule has 1 aliphatic heterocycles. The maximum Gasteiger partial charge on any atom is 0.160 e. The smallest absolute Gasteiger partial charge is 0.160 e. The van der Waals surface area contributed by atoms with Crippen LogP contribution < -0.4 is 0 Å². The molecular formula is C10H18O2. The fourth-order valence-electron chi connectivity index (χ4n) is 2.75. The molecule has 1 heterocycles. The van der Waals surface area contributed by atoms with E-state index in [1.165, 1.54) is 6.42 Å². The summed E-state index contributed by atoms with van der Waals surface area (Å²) in [7, 11) is 0. The third kappa shape index (κ3) is 0.775. The van der Waals surface area contributed by atoms with E-state index in [0.29, 0.717) is 5.92 Å². The van der Waals surface area contributed by atoms with Crippen LogP contribution in [0.5, 0.6) is 0 Å². The van der Waals surface area contributed by atoms with Crippen LogP contribution in [0.4, 0.5) is 0 Å². The molecule has 0 aromatic rings. The van der Waals surface area contributed by atoms with Crippen LogP contribution in [-0.4, -0.2) is 18.0 Å². The Morgan fingerprint density at radius 2 is 2.00 bits per heavy atom. The summed E-state index contributed by atoms with van der Waals surface area (Å²) in [6.45, 7) is 7.41. The minimum atomic E-state index is -0.550. The molecule has 0 amide bonds. The topological polar surface area (TPSA) is 29.5 Å². The van der Waals surface area contributed by atoms with E-state index in [9.17, 15) is 5.11 Å². The Kier molecular flexibility index (Phi) is 1.59. The summed E-state index contributed by atoms with van der Waals surface area (Å²) in [5.74, 6) is 0.644. The first-order valence-electron chi connectivity index (χ1n) is 4.78. The van der Waals surface area contributed by atoms with Crippen LogP contribution in [0, 0.1) is 16.7 Å². The second-order valence-corrected chi connectivity index (χ2v) is 5.06. The van der Waals surface area contributed by atoms with Crippen LogP contribution in [0.15, 0.2) is 0 Å². The molecule has 70 valence electrons. The van der Waals surface area contributed by atoms with E-state index in [0.717, 1.165) is 13.0 Å². The van der Waals surface area contributed by atoms with Crippen molar-refractivity contribution in [3.05, 3.63) is 0 Å². The average molecular weight is 170 g/mol. The molecule has 3 unspecified atom stereocenters. The third-order valence-corrected chi connectivity index (χ3v) is 4.51. The van der Waals surface area contributed by atoms with Crippen LogP contribution in [0.3, 0.4) is 0 Å². The standard InChI is InChI=1S/C10H18O2/c1-9(2)7-4-5-10(9,3)8(11)12-6-7/h7-8,11H,4-6H2,1-3H3. The first-order valence-corrected chi connectivity index (χ1v) is 4.78. The van der Waals surface area contributed by atoms with Crippen molar-refractivity contribution >= 4 is 0 Å². The molecule has 12 heavy (non-hydrogen) atoms. The number of rotatable bonds is 0. The molecule has 0 radical (unpaired) electrons. The van der Waals surface area contributed by atoms with Gasteiger partial charge >= 0.3 is 0 Å². The fourth-order valence-corrected chi connectivity index (χ4v) is 2.75. The first kappa shape index (κ1) is 8.52. The van der Waals surface area contributed by atoms with E-state index < -0.39 is 6.29 Å². The molecule has 2 fully saturated rings. The van der Waals surface area contributed by atoms with Crippen molar-refractivity contribution in [2.75, 3.05) is 6.61 Å². The maximum absolute atomic E-state index is 9.77. The molecule has 2 heteroatoms. The molecule has 1 saturated heterocycles. The quantitative estimate of drug-likeness (QED) is 0.600. The maximum atomic E-state index is 9.77. The van der Waals surface area contributed by atoms with Crippen molar-refractivity contribution in [1.82, 2.24) is 0 Å². The fraction of sp³-hybridized carbons (Fsp3) is 1.00. The lowest BCUT2D eigenvalue weighted by molar-refractivity contribution is -0.240. The predicted molar refractivity (Wildman–Crippen MR) is 46.6 cm³/mol. The van der Waals surface area contributed by atoms with E-state index in [4.69, 9.17) is 4.74 Å². The summed E-state index contributed by atoms with van der Waals surface area (Å²) in [6.07, 6.45) is 1.76. The molecule has 0 aromatic carbocycles. The van der Waals surface area contributed by atoms with E-state index in [1.807, 2.05) is 0 Å². The number of aliphatic hydroxyl groups excluding tert-OH is 1. The van der Waals surface area contributed by atoms with Gasteiger partial charge in [0.05, 0.1) is 6.61 Å². The number of aliphatic hydroxyl groups is 1. The van der Waals surface area contributed by atoms with Crippen molar-refractivity contribution in [2.24, 2.45) is 16.7 Å². The monoisotopic (exact) mass is 170 g/mol. The number of hydrogen-bond donors (Lipinski definition) is 1. The van der Waals surface area contributed by atoms with Gasteiger partial charge in [0.25, 0.3) is 0 Å². The predicted octanol–water partition coefficient (Wildman–Crippen LogP) is 1.78. The summed E-state index contributed by atoms with van der Waals surface area (Å²) in [5.41, 5.74) is 0.223. The normalized spacial score (nSPS) is 51.0. The molecule has 2 nitrogen and oxygen atoms in total. The molecule has 1 aliphatic carbocycles. The van der Waals surface area contributed by atoms with Gasteiger partial charge in [-0.3, -0.25) is 0 Å². The van der Waals surface area contributed by atoms with Gasteiger partial charge in [-0.25, -0.2) is 0 Å². The van der Waals surface area contributed by atoms with Crippen LogP contribution in [0.2, 0.25) is 0 Å². The molecule has 1 N–H and O–H groups in total. The first-order chi connectivity index (χ1) is 5.48. The van der Waals surface area contributed by atoms with E-state index in [1.54, 1.807) is 0 Å². The van der Waals surface area contributed by atoms with Crippen molar-refractivity contribution in [1.29, 1.82) is 0 Å². The highest BCUT2D eigenvalue weighted by Gasteiger charge is 2.58. The van der Waals surface area contributed by atoms with Crippen molar-refractivity contribution in [3.8, 4) is 0 Å². The molecule has 2 bridgehead atoms. The van der Waals surface area contributed by atoms with Crippen LogP contribution >= 0.6 is 0 Å². The lowest BCUT2D eigenvalue weighted by Gasteiger charge is -2.48. The lowest BCUT2D eigenvalue weighted by Crippen LogP contribution is -2.50. The Morgan fingerprint density at radius 3 is 2.58 bits per heavy atom. The van der Waals surface area contributed by atoms with Gasteiger partial charge in [-0.05, 0) is 24.2 Å². The summed E-state index contributed by atoms with van der Waals surface area (Å²) in [6, 6.07) is 0. The number of ether oxygens (including phenoxy) is 1. The van der Waals surface area contributed by atoms with Gasteiger partial charge in [0.1, 0.15) is 0 Å². The van der Waals surface area contributed by atoms with Gasteiger partial charge in [-0.1, -0.05) is 20.8 Å². The highest BCUT2D eigenvalue weighted by Crippen LogP contribution is 2.60. The van der Waals surface area contributed by atoms with E-state index in [2.05, 4.69) is 20.8 Å². The molecule has 2 rings (SSSR count). The Morgan fingerprint density at radius 1 is 1.33 bits per heavy atom. The largest absolute Gasteiger partial charge is 0.367 e. The highest BCUT2D eigenvalue weighted by atomic mass is 16.6. The van der Waals surface area contributed by atoms with Gasteiger partial charge in [0.15, 0.2) is 6.29 Å². The second kappa shape index (κ2) is 2.24. The lowest BCUT2D eigenvalue weighted by atomic mass is 9.64. The van der Waals surface area contributed by atoms with Crippen LogP contribution in [0.1, 0.15) is 33.6 Å². The minimum Gasteiger partial charge on any atom is -0.367 e. The van der Waals surface area contributed by atoms with Crippen LogP contribution in [-0.2, 0) is 4.74 Å². The second-order valence-electron chi connectivity index (χ2n) is 5.06. The summed E-state index contributed by atoms with van der Waals surface area (Å²) in [4.78, 5) is 0. The van der Waals surface area contributed by atoms with Crippen molar-refractivity contribution < 1.29 is 9.84 Å².